The number of ether oxygens (including phenoxy) is 1. The van der Waals surface area contributed by atoms with Gasteiger partial charge in [0.2, 0.25) is 0 Å². The molecule has 0 unspecified atom stereocenters. The molecule has 11 heteroatoms. The number of thiazole rings is 1. The van der Waals surface area contributed by atoms with E-state index >= 15 is 0 Å². The molecular weight excluding hydrogens is 578 g/mol. The van der Waals surface area contributed by atoms with Gasteiger partial charge < -0.3 is 24.8 Å². The molecule has 1 atom stereocenters. The Kier molecular flexibility index (Phi) is 9.80. The van der Waals surface area contributed by atoms with Gasteiger partial charge in [0.1, 0.15) is 11.6 Å². The average Bonchev–Trinajstić information content (AvgIpc) is 3.53. The Morgan fingerprint density at radius 2 is 1.82 bits per heavy atom. The van der Waals surface area contributed by atoms with Crippen LogP contribution in [0.1, 0.15) is 77.6 Å². The van der Waals surface area contributed by atoms with Crippen LogP contribution >= 0.6 is 11.3 Å². The first kappa shape index (κ1) is 33.1. The van der Waals surface area contributed by atoms with Crippen LogP contribution < -0.4 is 5.32 Å². The number of alkyl carbamates (subject to hydrolysis) is 1. The van der Waals surface area contributed by atoms with Crippen LogP contribution in [-0.2, 0) is 28.9 Å². The number of pyridine rings is 2. The molecule has 3 N–H and O–H groups in total. The second kappa shape index (κ2) is 13.0. The fourth-order valence-corrected chi connectivity index (χ4v) is 6.03. The number of aromatic nitrogens is 4. The Bertz CT molecular complexity index is 1650. The molecule has 0 radical (unpaired) electrons. The molecule has 0 bridgehead atoms. The number of carbonyl (C=O) groups excluding carboxylic acids is 1. The lowest BCUT2D eigenvalue weighted by atomic mass is 9.85. The van der Waals surface area contributed by atoms with Crippen LogP contribution in [0.2, 0.25) is 0 Å². The van der Waals surface area contributed by atoms with Gasteiger partial charge in [-0.25, -0.2) is 19.6 Å². The molecule has 0 aromatic carbocycles. The predicted octanol–water partition coefficient (Wildman–Crippen LogP) is 6.45. The number of hydrogen-bond acceptors (Lipinski definition) is 8. The van der Waals surface area contributed by atoms with Crippen molar-refractivity contribution in [2.24, 2.45) is 5.41 Å². The van der Waals surface area contributed by atoms with Gasteiger partial charge >= 0.3 is 12.1 Å². The van der Waals surface area contributed by atoms with E-state index in [9.17, 15) is 19.8 Å². The molecule has 0 aliphatic rings. The summed E-state index contributed by atoms with van der Waals surface area (Å²) >= 11 is 1.32. The Balaban J connectivity index is 1.78. The predicted molar refractivity (Wildman–Crippen MR) is 173 cm³/mol. The number of nitrogens with zero attached hydrogens (tertiary/aromatic N) is 4. The lowest BCUT2D eigenvalue weighted by molar-refractivity contribution is -0.139. The number of aliphatic hydroxyl groups is 1. The van der Waals surface area contributed by atoms with E-state index in [1.54, 1.807) is 20.8 Å². The lowest BCUT2D eigenvalue weighted by Crippen LogP contribution is -2.44. The van der Waals surface area contributed by atoms with E-state index in [1.807, 2.05) is 37.6 Å². The van der Waals surface area contributed by atoms with Crippen molar-refractivity contribution in [1.29, 1.82) is 0 Å². The highest BCUT2D eigenvalue weighted by molar-refractivity contribution is 7.10. The number of aliphatic hydroxyl groups excluding tert-OH is 1. The van der Waals surface area contributed by atoms with Crippen LogP contribution in [0.15, 0.2) is 35.8 Å². The molecule has 236 valence electrons. The van der Waals surface area contributed by atoms with Crippen LogP contribution in [0.25, 0.3) is 33.7 Å². The Hall–Kier alpha value is -3.83. The van der Waals surface area contributed by atoms with E-state index in [0.29, 0.717) is 22.8 Å². The van der Waals surface area contributed by atoms with Crippen LogP contribution in [0, 0.1) is 5.41 Å². The topological polar surface area (TPSA) is 139 Å². The van der Waals surface area contributed by atoms with Gasteiger partial charge in [-0.15, -0.1) is 11.3 Å². The van der Waals surface area contributed by atoms with Gasteiger partial charge in [0.25, 0.3) is 0 Å². The summed E-state index contributed by atoms with van der Waals surface area (Å²) in [6, 6.07) is 6.85. The zero-order chi connectivity index (χ0) is 32.4. The molecule has 4 heterocycles. The van der Waals surface area contributed by atoms with E-state index in [2.05, 4.69) is 42.8 Å². The standard InChI is InChI=1S/C33H43N5O5S/c1-9-38-25-13-12-22(24-17-44-26(35-24)15-23(30(40)41)37-31(42)43-32(4,5)6)36-28(25)21(16-33(7,8)18-39)29(38)20-11-10-14-34-27(20)19(2)3/h10-14,17,19,23,39H,9,15-16,18H2,1-8H3,(H,37,42)(H,40,41)/t23-/m0/s1. The van der Waals surface area contributed by atoms with Gasteiger partial charge in [0.15, 0.2) is 0 Å². The minimum atomic E-state index is -1.19. The second-order valence-electron chi connectivity index (χ2n) is 13.1. The van der Waals surface area contributed by atoms with Crippen molar-refractivity contribution in [2.45, 2.75) is 92.3 Å². The highest BCUT2D eigenvalue weighted by Crippen LogP contribution is 2.40. The van der Waals surface area contributed by atoms with Gasteiger partial charge in [-0.2, -0.15) is 0 Å². The molecule has 0 fully saturated rings. The molecule has 4 aromatic heterocycles. The largest absolute Gasteiger partial charge is 0.480 e. The maximum atomic E-state index is 12.2. The SMILES string of the molecule is CCn1c(-c2cccnc2C(C)C)c(CC(C)(C)CO)c2nc(-c3csc(C[C@H](NC(=O)OC(C)(C)C)C(=O)O)n3)ccc21. The number of aryl methyl sites for hydroxylation is 1. The van der Waals surface area contributed by atoms with E-state index in [1.165, 1.54) is 11.3 Å². The van der Waals surface area contributed by atoms with Crippen molar-refractivity contribution in [3.8, 4) is 22.6 Å². The number of nitrogens with one attached hydrogen (secondary N) is 1. The zero-order valence-electron chi connectivity index (χ0n) is 26.8. The summed E-state index contributed by atoms with van der Waals surface area (Å²) in [5, 5.41) is 24.8. The van der Waals surface area contributed by atoms with Crippen LogP contribution in [0.5, 0.6) is 0 Å². The minimum Gasteiger partial charge on any atom is -0.480 e. The third kappa shape index (κ3) is 7.44. The quantitative estimate of drug-likeness (QED) is 0.174. The van der Waals surface area contributed by atoms with E-state index < -0.39 is 23.7 Å². The molecule has 44 heavy (non-hydrogen) atoms. The maximum absolute atomic E-state index is 12.2. The molecule has 10 nitrogen and oxygen atoms in total. The first-order valence-corrected chi connectivity index (χ1v) is 15.8. The molecule has 0 saturated heterocycles. The fraction of sp³-hybridized carbons (Fsp3) is 0.485. The monoisotopic (exact) mass is 621 g/mol. The molecule has 4 rings (SSSR count). The molecule has 1 amide bonds. The first-order chi connectivity index (χ1) is 20.6. The number of carbonyl (C=O) groups is 2. The molecule has 0 saturated carbocycles. The Labute approximate surface area is 262 Å². The van der Waals surface area contributed by atoms with Gasteiger partial charge in [0, 0.05) is 42.3 Å². The van der Waals surface area contributed by atoms with Gasteiger partial charge in [-0.3, -0.25) is 4.98 Å². The van der Waals surface area contributed by atoms with E-state index in [0.717, 1.165) is 40.1 Å². The zero-order valence-corrected chi connectivity index (χ0v) is 27.6. The molecule has 4 aromatic rings. The highest BCUT2D eigenvalue weighted by atomic mass is 32.1. The maximum Gasteiger partial charge on any atom is 0.408 e. The molecular formula is C33H43N5O5S. The van der Waals surface area contributed by atoms with Crippen molar-refractivity contribution in [1.82, 2.24) is 24.8 Å². The Morgan fingerprint density at radius 3 is 2.43 bits per heavy atom. The fourth-order valence-electron chi connectivity index (χ4n) is 5.19. The highest BCUT2D eigenvalue weighted by Gasteiger charge is 2.29. The first-order valence-electron chi connectivity index (χ1n) is 14.9. The van der Waals surface area contributed by atoms with E-state index in [-0.39, 0.29) is 24.4 Å². The third-order valence-corrected chi connectivity index (χ3v) is 8.10. The summed E-state index contributed by atoms with van der Waals surface area (Å²) in [4.78, 5) is 38.7. The molecule has 0 spiro atoms. The second-order valence-corrected chi connectivity index (χ2v) is 14.0. The van der Waals surface area contributed by atoms with Crippen LogP contribution in [0.3, 0.4) is 0 Å². The molecule has 0 aliphatic heterocycles. The smallest absolute Gasteiger partial charge is 0.408 e. The summed E-state index contributed by atoms with van der Waals surface area (Å²) in [6.45, 7) is 16.4. The van der Waals surface area contributed by atoms with E-state index in [4.69, 9.17) is 19.7 Å². The number of carboxylic acid groups (broad SMARTS) is 1. The summed E-state index contributed by atoms with van der Waals surface area (Å²) in [5.74, 6) is -0.961. The summed E-state index contributed by atoms with van der Waals surface area (Å²) in [6.07, 6.45) is 1.64. The van der Waals surface area contributed by atoms with Crippen molar-refractivity contribution in [2.75, 3.05) is 6.61 Å². The normalized spacial score (nSPS) is 13.0. The number of amides is 1. The third-order valence-electron chi connectivity index (χ3n) is 7.23. The summed E-state index contributed by atoms with van der Waals surface area (Å²) in [5.41, 5.74) is 6.12. The minimum absolute atomic E-state index is 0.00672. The number of fused-ring (bicyclic) bond motifs is 1. The lowest BCUT2D eigenvalue weighted by Gasteiger charge is -2.23. The van der Waals surface area contributed by atoms with Gasteiger partial charge in [-0.1, -0.05) is 27.7 Å². The van der Waals surface area contributed by atoms with Crippen molar-refractivity contribution in [3.63, 3.8) is 0 Å². The van der Waals surface area contributed by atoms with Gasteiger partial charge in [0.05, 0.1) is 38.8 Å². The summed E-state index contributed by atoms with van der Waals surface area (Å²) < 4.78 is 7.50. The number of aliphatic carboxylic acids is 1. The van der Waals surface area contributed by atoms with Crippen molar-refractivity contribution >= 4 is 34.4 Å². The molecule has 0 aliphatic carbocycles. The number of carboxylic acids is 1. The number of hydrogen-bond donors (Lipinski definition) is 3. The number of rotatable bonds is 11. The average molecular weight is 622 g/mol. The van der Waals surface area contributed by atoms with Crippen LogP contribution in [-0.4, -0.2) is 60.0 Å². The summed E-state index contributed by atoms with van der Waals surface area (Å²) in [7, 11) is 0. The van der Waals surface area contributed by atoms with Crippen molar-refractivity contribution in [3.05, 3.63) is 52.1 Å². The van der Waals surface area contributed by atoms with Crippen molar-refractivity contribution < 1.29 is 24.5 Å². The van der Waals surface area contributed by atoms with Gasteiger partial charge in [-0.05, 0) is 69.7 Å². The van der Waals surface area contributed by atoms with Crippen LogP contribution in [0.4, 0.5) is 4.79 Å². The Morgan fingerprint density at radius 1 is 1.09 bits per heavy atom.